The molecule has 500 valence electrons. The molecule has 96 heavy (non-hydrogen) atoms. The predicted octanol–water partition coefficient (Wildman–Crippen LogP) is 18.6. The van der Waals surface area contributed by atoms with Gasteiger partial charge in [0, 0.05) is 43.1 Å². The molecule has 8 aromatic rings. The summed E-state index contributed by atoms with van der Waals surface area (Å²) in [6, 6.07) is 33.4. The summed E-state index contributed by atoms with van der Waals surface area (Å²) in [7, 11) is 0. The second-order valence-corrected chi connectivity index (χ2v) is 25.3. The Morgan fingerprint density at radius 2 is 0.469 bits per heavy atom. The quantitative estimate of drug-likeness (QED) is 0.0387. The van der Waals surface area contributed by atoms with Crippen LogP contribution in [0.5, 0.6) is 46.0 Å². The van der Waals surface area contributed by atoms with Gasteiger partial charge >= 0.3 is 0 Å². The smallest absolute Gasteiger partial charge is 0.168 e. The second-order valence-electron chi connectivity index (χ2n) is 25.3. The Bertz CT molecular complexity index is 4140. The summed E-state index contributed by atoms with van der Waals surface area (Å²) in [5.74, 6) is 7.79. The van der Waals surface area contributed by atoms with E-state index in [2.05, 4.69) is 163 Å². The minimum absolute atomic E-state index is 0.378. The molecule has 5 aliphatic heterocycles. The number of unbranched alkanes of at least 4 members (excludes halogenated alkanes) is 8. The van der Waals surface area contributed by atoms with Crippen LogP contribution in [0, 0.1) is 0 Å². The normalized spacial score (nSPS) is 17.8. The van der Waals surface area contributed by atoms with E-state index in [-0.39, 0.29) is 0 Å². The molecule has 0 amide bonds. The van der Waals surface area contributed by atoms with Crippen molar-refractivity contribution in [3.63, 3.8) is 0 Å². The van der Waals surface area contributed by atoms with Crippen LogP contribution in [0.25, 0.3) is 43.1 Å². The molecule has 0 radical (unpaired) electrons. The van der Waals surface area contributed by atoms with Crippen LogP contribution in [-0.2, 0) is 0 Å². The zero-order valence-electron chi connectivity index (χ0n) is 57.3. The Labute approximate surface area is 564 Å². The molecule has 8 bridgehead atoms. The lowest BCUT2D eigenvalue weighted by Crippen LogP contribution is -2.22. The first-order valence-electron chi connectivity index (χ1n) is 35.8. The number of nitrogens with zero attached hydrogens (tertiary/aromatic N) is 6. The molecule has 13 rings (SSSR count). The SMILES string of the molecule is CCCCOc1c2c(c(OCCCC)c3ccccc13)/C1=N/C3N/C(=N\C4=NC(=N\C5N/C(=N\C2=N1)c1c5c(OCCCC)c2ccccc2c1OCCCC)/c1c4c(OCCCC)c2ccccc2c1OCCCC)c1c3c(OCCCC)c2ccccc2c1OCCCC. The Morgan fingerprint density at radius 1 is 0.260 bits per heavy atom. The van der Waals surface area contributed by atoms with Gasteiger partial charge in [-0.05, 0) is 51.4 Å². The van der Waals surface area contributed by atoms with Crippen LogP contribution in [0.1, 0.15) is 215 Å². The minimum atomic E-state index is -0.874. The first-order valence-corrected chi connectivity index (χ1v) is 35.8. The van der Waals surface area contributed by atoms with E-state index in [0.717, 1.165) is 157 Å². The zero-order chi connectivity index (χ0) is 66.1. The molecular weight excluding hydrogens is 1200 g/mol. The van der Waals surface area contributed by atoms with Crippen molar-refractivity contribution in [3.05, 3.63) is 142 Å². The maximum absolute atomic E-state index is 7.18. The number of hydrogen-bond donors (Lipinski definition) is 2. The molecule has 0 aromatic heterocycles. The van der Waals surface area contributed by atoms with Crippen LogP contribution >= 0.6 is 0 Å². The van der Waals surface area contributed by atoms with Crippen LogP contribution in [0.2, 0.25) is 0 Å². The van der Waals surface area contributed by atoms with Crippen molar-refractivity contribution in [1.29, 1.82) is 0 Å². The molecule has 0 spiro atoms. The van der Waals surface area contributed by atoms with E-state index in [1.165, 1.54) is 0 Å². The molecule has 2 unspecified atom stereocenters. The minimum Gasteiger partial charge on any atom is -0.492 e. The highest BCUT2D eigenvalue weighted by molar-refractivity contribution is 6.33. The highest BCUT2D eigenvalue weighted by Gasteiger charge is 2.44. The molecular formula is C80H92N8O8. The summed E-state index contributed by atoms with van der Waals surface area (Å²) in [6.45, 7) is 21.1. The van der Waals surface area contributed by atoms with Gasteiger partial charge in [-0.15, -0.1) is 0 Å². The van der Waals surface area contributed by atoms with Gasteiger partial charge in [0.05, 0.1) is 97.4 Å². The predicted molar refractivity (Wildman–Crippen MR) is 390 cm³/mol. The van der Waals surface area contributed by atoms with E-state index in [4.69, 9.17) is 67.8 Å². The number of benzene rings is 8. The van der Waals surface area contributed by atoms with E-state index in [9.17, 15) is 0 Å². The third kappa shape index (κ3) is 12.4. The fourth-order valence-corrected chi connectivity index (χ4v) is 13.3. The average Bonchev–Trinajstić information content (AvgIpc) is 1.52. The number of amidine groups is 6. The lowest BCUT2D eigenvalue weighted by molar-refractivity contribution is 0.302. The molecule has 0 saturated carbocycles. The van der Waals surface area contributed by atoms with E-state index in [0.29, 0.717) is 167 Å². The molecule has 2 atom stereocenters. The molecule has 5 heterocycles. The maximum atomic E-state index is 7.18. The van der Waals surface area contributed by atoms with E-state index in [1.807, 2.05) is 0 Å². The lowest BCUT2D eigenvalue weighted by atomic mass is 9.96. The topological polar surface area (TPSA) is 172 Å². The third-order valence-electron chi connectivity index (χ3n) is 18.3. The zero-order valence-corrected chi connectivity index (χ0v) is 57.3. The second kappa shape index (κ2) is 30.3. The molecule has 16 heteroatoms. The fourth-order valence-electron chi connectivity index (χ4n) is 13.3. The van der Waals surface area contributed by atoms with E-state index in [1.54, 1.807) is 0 Å². The first-order chi connectivity index (χ1) is 47.4. The highest BCUT2D eigenvalue weighted by Crippen LogP contribution is 2.53. The summed E-state index contributed by atoms with van der Waals surface area (Å²) in [6.07, 6.45) is 12.3. The number of ether oxygens (including phenoxy) is 8. The summed E-state index contributed by atoms with van der Waals surface area (Å²) in [5.41, 5.74) is 5.64. The van der Waals surface area contributed by atoms with Crippen molar-refractivity contribution in [1.82, 2.24) is 10.6 Å². The molecule has 0 saturated heterocycles. The van der Waals surface area contributed by atoms with Crippen LogP contribution in [0.3, 0.4) is 0 Å². The van der Waals surface area contributed by atoms with Gasteiger partial charge in [0.2, 0.25) is 0 Å². The van der Waals surface area contributed by atoms with E-state index >= 15 is 0 Å². The molecule has 16 nitrogen and oxygen atoms in total. The average molecular weight is 1290 g/mol. The first kappa shape index (κ1) is 65.5. The Hall–Kier alpha value is -9.18. The summed E-state index contributed by atoms with van der Waals surface area (Å²) in [5, 5.41) is 15.0. The van der Waals surface area contributed by atoms with Crippen molar-refractivity contribution in [2.24, 2.45) is 30.0 Å². The van der Waals surface area contributed by atoms with Gasteiger partial charge in [0.25, 0.3) is 0 Å². The van der Waals surface area contributed by atoms with Crippen LogP contribution in [0.4, 0.5) is 0 Å². The van der Waals surface area contributed by atoms with Gasteiger partial charge in [0.15, 0.2) is 35.7 Å². The number of aliphatic imine (C=N–C) groups is 6. The molecule has 8 aromatic carbocycles. The number of nitrogens with one attached hydrogen (secondary N) is 2. The third-order valence-corrected chi connectivity index (χ3v) is 18.3. The summed E-state index contributed by atoms with van der Waals surface area (Å²) >= 11 is 0. The van der Waals surface area contributed by atoms with Gasteiger partial charge in [-0.25, -0.2) is 30.0 Å². The Balaban J connectivity index is 1.21. The number of hydrogen-bond acceptors (Lipinski definition) is 16. The van der Waals surface area contributed by atoms with E-state index < -0.39 is 12.3 Å². The van der Waals surface area contributed by atoms with Gasteiger partial charge in [-0.3, -0.25) is 0 Å². The van der Waals surface area contributed by atoms with Crippen LogP contribution < -0.4 is 48.5 Å². The number of fused-ring (bicyclic) bond motifs is 22. The van der Waals surface area contributed by atoms with Crippen LogP contribution in [-0.4, -0.2) is 87.9 Å². The molecule has 0 fully saturated rings. The summed E-state index contributed by atoms with van der Waals surface area (Å²) in [4.78, 5) is 35.1. The van der Waals surface area contributed by atoms with Crippen LogP contribution in [0.15, 0.2) is 127 Å². The number of rotatable bonds is 32. The van der Waals surface area contributed by atoms with Gasteiger partial charge in [-0.2, -0.15) is 0 Å². The highest BCUT2D eigenvalue weighted by atomic mass is 16.5. The molecule has 5 aliphatic rings. The standard InChI is InChI=1S/C80H92N8O8/c1-9-17-41-89-65-49-33-25-26-34-50(49)66(90-42-18-10-2)58-57(65)73-81-74(58)86-76-61-62(70(94-46-22-14-6)54-38-30-29-37-53(54)69(61)93-45-21-13-5)78(83-76)88-80-64-63(71(95-47-23-15-7)55-39-31-32-40-56(55)72(64)96-48-24-16-8)79(84-80)87-77-60-59(75(82-77)85-73)67(91-43-19-11-3)51-35-27-28-36-52(51)68(60)92-44-20-12-4/h25-40,73,80H,9-24,41-48H2,1-8H3,(H,81,83,86,88)(H,82,84,85,87). The van der Waals surface area contributed by atoms with Gasteiger partial charge < -0.3 is 48.5 Å². The Kier molecular flexibility index (Phi) is 20.6. The van der Waals surface area contributed by atoms with Gasteiger partial charge in [-0.1, -0.05) is 204 Å². The van der Waals surface area contributed by atoms with Crippen molar-refractivity contribution in [2.75, 3.05) is 52.9 Å². The van der Waals surface area contributed by atoms with Crippen molar-refractivity contribution in [3.8, 4) is 46.0 Å². The van der Waals surface area contributed by atoms with Crippen molar-refractivity contribution < 1.29 is 37.9 Å². The summed E-state index contributed by atoms with van der Waals surface area (Å²) < 4.78 is 57.3. The monoisotopic (exact) mass is 1290 g/mol. The largest absolute Gasteiger partial charge is 0.492 e. The van der Waals surface area contributed by atoms with Gasteiger partial charge in [0.1, 0.15) is 57.7 Å². The lowest BCUT2D eigenvalue weighted by Gasteiger charge is -2.21. The Morgan fingerprint density at radius 3 is 0.708 bits per heavy atom. The molecule has 2 N–H and O–H groups in total. The fraction of sp³-hybridized carbons (Fsp3) is 0.425. The molecule has 0 aliphatic carbocycles. The van der Waals surface area contributed by atoms with Crippen molar-refractivity contribution >= 4 is 78.1 Å². The maximum Gasteiger partial charge on any atom is 0.168 e. The van der Waals surface area contributed by atoms with Crippen molar-refractivity contribution in [2.45, 2.75) is 170 Å².